The average Bonchev–Trinajstić information content (AvgIpc) is 3.32. The number of ether oxygens (including phenoxy) is 1. The zero-order chi connectivity index (χ0) is 22.0. The highest BCUT2D eigenvalue weighted by Gasteiger charge is 2.61. The summed E-state index contributed by atoms with van der Waals surface area (Å²) in [6.45, 7) is 6.06. The quantitative estimate of drug-likeness (QED) is 0.689. The summed E-state index contributed by atoms with van der Waals surface area (Å²) < 4.78 is 6.55. The van der Waals surface area contributed by atoms with Crippen LogP contribution in [0.4, 0.5) is 0 Å². The maximum atomic E-state index is 11.2. The molecule has 3 heterocycles. The van der Waals surface area contributed by atoms with Crippen LogP contribution in [0.15, 0.2) is 12.1 Å². The molecule has 2 bridgehead atoms. The molecule has 7 rings (SSSR count). The van der Waals surface area contributed by atoms with Crippen molar-refractivity contribution in [1.82, 2.24) is 4.90 Å². The summed E-state index contributed by atoms with van der Waals surface area (Å²) in [6, 6.07) is 5.48. The summed E-state index contributed by atoms with van der Waals surface area (Å²) in [5.74, 6) is 2.56. The Morgan fingerprint density at radius 3 is 2.69 bits per heavy atom. The van der Waals surface area contributed by atoms with Gasteiger partial charge in [0.05, 0.1) is 12.2 Å². The second kappa shape index (κ2) is 6.59. The van der Waals surface area contributed by atoms with Crippen molar-refractivity contribution in [3.63, 3.8) is 0 Å². The molecule has 4 fully saturated rings. The van der Waals surface area contributed by atoms with Gasteiger partial charge in [-0.25, -0.2) is 0 Å². The van der Waals surface area contributed by atoms with Gasteiger partial charge in [0.25, 0.3) is 0 Å². The number of methoxy groups -OCH3 is 1. The smallest absolute Gasteiger partial charge is 0.148 e. The molecule has 6 aliphatic rings. The molecule has 32 heavy (non-hydrogen) atoms. The van der Waals surface area contributed by atoms with E-state index in [-0.39, 0.29) is 29.3 Å². The van der Waals surface area contributed by atoms with Crippen LogP contribution in [0.2, 0.25) is 0 Å². The van der Waals surface area contributed by atoms with Crippen molar-refractivity contribution in [2.75, 3.05) is 13.7 Å². The first-order valence-corrected chi connectivity index (χ1v) is 13.2. The molecule has 2 saturated carbocycles. The highest BCUT2D eigenvalue weighted by Crippen LogP contribution is 2.65. The number of benzene rings is 1. The lowest BCUT2D eigenvalue weighted by Crippen LogP contribution is -2.55. The van der Waals surface area contributed by atoms with Gasteiger partial charge in [0.15, 0.2) is 0 Å². The van der Waals surface area contributed by atoms with Gasteiger partial charge in [0, 0.05) is 25.3 Å². The average molecular weight is 438 g/mol. The van der Waals surface area contributed by atoms with Crippen molar-refractivity contribution in [2.24, 2.45) is 23.2 Å². The van der Waals surface area contributed by atoms with Crippen molar-refractivity contribution < 1.29 is 14.9 Å². The summed E-state index contributed by atoms with van der Waals surface area (Å²) >= 11 is 0. The predicted octanol–water partition coefficient (Wildman–Crippen LogP) is 4.28. The summed E-state index contributed by atoms with van der Waals surface area (Å²) in [4.78, 5) is 2.74. The van der Waals surface area contributed by atoms with E-state index in [1.54, 1.807) is 5.56 Å². The zero-order valence-corrected chi connectivity index (χ0v) is 19.9. The van der Waals surface area contributed by atoms with Gasteiger partial charge in [-0.2, -0.15) is 0 Å². The maximum absolute atomic E-state index is 11.2. The Labute approximate surface area is 192 Å². The van der Waals surface area contributed by atoms with Crippen LogP contribution in [0.5, 0.6) is 0 Å². The van der Waals surface area contributed by atoms with Crippen molar-refractivity contribution in [1.29, 1.82) is 0 Å². The Morgan fingerprint density at radius 1 is 1.06 bits per heavy atom. The topological polar surface area (TPSA) is 52.9 Å². The highest BCUT2D eigenvalue weighted by atomic mass is 16.5. The summed E-state index contributed by atoms with van der Waals surface area (Å²) in [5, 5.41) is 21.6. The van der Waals surface area contributed by atoms with Crippen molar-refractivity contribution in [3.8, 4) is 0 Å². The first-order valence-electron chi connectivity index (χ1n) is 13.2. The lowest BCUT2D eigenvalue weighted by Gasteiger charge is -2.55. The third kappa shape index (κ3) is 2.33. The lowest BCUT2D eigenvalue weighted by molar-refractivity contribution is -0.149. The second-order valence-corrected chi connectivity index (χ2v) is 12.5. The first kappa shape index (κ1) is 20.4. The van der Waals surface area contributed by atoms with Gasteiger partial charge in [0.2, 0.25) is 0 Å². The van der Waals surface area contributed by atoms with Gasteiger partial charge in [-0.1, -0.05) is 26.0 Å². The third-order valence-corrected chi connectivity index (χ3v) is 11.4. The number of aliphatic hydroxyl groups excluding tert-OH is 2. The lowest BCUT2D eigenvalue weighted by atomic mass is 9.51. The molecular weight excluding hydrogens is 398 g/mol. The van der Waals surface area contributed by atoms with E-state index in [9.17, 15) is 10.2 Å². The van der Waals surface area contributed by atoms with Gasteiger partial charge in [0.1, 0.15) is 5.72 Å². The van der Waals surface area contributed by atoms with E-state index in [4.69, 9.17) is 4.74 Å². The second-order valence-electron chi connectivity index (χ2n) is 12.5. The van der Waals surface area contributed by atoms with Crippen LogP contribution >= 0.6 is 0 Å². The molecule has 10 atom stereocenters. The molecule has 4 nitrogen and oxygen atoms in total. The van der Waals surface area contributed by atoms with E-state index in [1.165, 1.54) is 36.1 Å². The number of hydrogen-bond donors (Lipinski definition) is 2. The zero-order valence-electron chi connectivity index (χ0n) is 19.9. The molecule has 2 saturated heterocycles. The molecule has 2 N–H and O–H groups in total. The number of aliphatic hydroxyl groups is 2. The first-order chi connectivity index (χ1) is 15.4. The van der Waals surface area contributed by atoms with Crippen LogP contribution < -0.4 is 0 Å². The van der Waals surface area contributed by atoms with E-state index in [0.29, 0.717) is 23.8 Å². The van der Waals surface area contributed by atoms with Crippen molar-refractivity contribution in [3.05, 3.63) is 34.4 Å². The van der Waals surface area contributed by atoms with Crippen LogP contribution in [0.1, 0.15) is 92.9 Å². The Kier molecular flexibility index (Phi) is 4.21. The van der Waals surface area contributed by atoms with Crippen molar-refractivity contribution in [2.45, 2.75) is 101 Å². The molecule has 3 aliphatic carbocycles. The highest BCUT2D eigenvalue weighted by molar-refractivity contribution is 5.53. The van der Waals surface area contributed by atoms with Crippen LogP contribution in [0.3, 0.4) is 0 Å². The summed E-state index contributed by atoms with van der Waals surface area (Å²) in [5.41, 5.74) is 6.00. The van der Waals surface area contributed by atoms with E-state index in [0.717, 1.165) is 44.4 Å². The fourth-order valence-electron chi connectivity index (χ4n) is 9.91. The van der Waals surface area contributed by atoms with Gasteiger partial charge in [-0.05, 0) is 103 Å². The molecule has 3 aliphatic heterocycles. The minimum atomic E-state index is -0.299. The van der Waals surface area contributed by atoms with E-state index >= 15 is 0 Å². The Bertz CT molecular complexity index is 962. The minimum absolute atomic E-state index is 0.113. The predicted molar refractivity (Wildman–Crippen MR) is 123 cm³/mol. The number of piperidine rings is 1. The standard InChI is InChI=1S/C28H39NO3/c1-15-18-5-6-19-20-12-25(31)23-10-17(30)8-9-27(23,2)22(20)11-21(19)26(18)28(32-3)13-16-4-7-24(15)29(28)14-16/h5-6,15-17,20,22-25,30-31H,4,7-14H2,1-3H3/t15-,16+,17+,20+,22?,23?,24?,25-,27-,28?/m1/s1. The molecule has 1 aromatic carbocycles. The SMILES string of the molecule is COC12C[C@@H]3CCC([C@H](C)c4ccc5c(c41)CC1[C@H]5C[C@@H](O)C4C[C@@H](O)CC[C@@]41C)N2C3. The van der Waals surface area contributed by atoms with Crippen LogP contribution in [-0.2, 0) is 16.9 Å². The van der Waals surface area contributed by atoms with Gasteiger partial charge >= 0.3 is 0 Å². The number of fused-ring (bicyclic) bond motifs is 9. The van der Waals surface area contributed by atoms with E-state index < -0.39 is 0 Å². The van der Waals surface area contributed by atoms with Crippen LogP contribution in [0, 0.1) is 23.2 Å². The normalized spacial score (nSPS) is 51.0. The van der Waals surface area contributed by atoms with E-state index in [2.05, 4.69) is 30.9 Å². The molecule has 0 amide bonds. The fourth-order valence-corrected chi connectivity index (χ4v) is 9.91. The number of hydrogen-bond acceptors (Lipinski definition) is 4. The molecule has 1 aromatic rings. The summed E-state index contributed by atoms with van der Waals surface area (Å²) in [7, 11) is 1.95. The fraction of sp³-hybridized carbons (Fsp3) is 0.786. The molecule has 0 radical (unpaired) electrons. The van der Waals surface area contributed by atoms with Gasteiger partial charge in [-0.3, -0.25) is 4.90 Å². The number of nitrogens with zero attached hydrogens (tertiary/aromatic N) is 1. The Hall–Kier alpha value is -0.940. The molecule has 0 spiro atoms. The number of rotatable bonds is 1. The van der Waals surface area contributed by atoms with Crippen LogP contribution in [-0.4, -0.2) is 47.0 Å². The van der Waals surface area contributed by atoms with Gasteiger partial charge in [-0.15, -0.1) is 0 Å². The van der Waals surface area contributed by atoms with Crippen molar-refractivity contribution >= 4 is 0 Å². The molecule has 4 unspecified atom stereocenters. The third-order valence-electron chi connectivity index (χ3n) is 11.4. The Morgan fingerprint density at radius 2 is 1.88 bits per heavy atom. The monoisotopic (exact) mass is 437 g/mol. The maximum Gasteiger partial charge on any atom is 0.148 e. The van der Waals surface area contributed by atoms with Gasteiger partial charge < -0.3 is 14.9 Å². The summed E-state index contributed by atoms with van der Waals surface area (Å²) in [6.07, 6.45) is 7.91. The largest absolute Gasteiger partial charge is 0.393 e. The molecule has 0 aromatic heterocycles. The molecule has 174 valence electrons. The van der Waals surface area contributed by atoms with E-state index in [1.807, 2.05) is 7.11 Å². The Balaban J connectivity index is 1.38. The molecule has 4 heteroatoms. The molecular formula is C28H39NO3. The van der Waals surface area contributed by atoms with Crippen LogP contribution in [0.25, 0.3) is 0 Å². The minimum Gasteiger partial charge on any atom is -0.393 e.